The van der Waals surface area contributed by atoms with Crippen LogP contribution in [-0.4, -0.2) is 21.9 Å². The molecule has 5 nitrogen and oxygen atoms in total. The van der Waals surface area contributed by atoms with Gasteiger partial charge in [-0.05, 0) is 66.0 Å². The van der Waals surface area contributed by atoms with E-state index in [1.54, 1.807) is 11.8 Å². The van der Waals surface area contributed by atoms with Gasteiger partial charge in [-0.3, -0.25) is 0 Å². The van der Waals surface area contributed by atoms with Crippen molar-refractivity contribution >= 4 is 28.5 Å². The standard InChI is InChI=1S/C23H22N4OS/c1-15-4-3-5-19(13-15)29-21-9-8-20(22-23(21)26-28-25-22)24-27-11-10-17-7-6-16(2)12-18(17)14-27/h3-9,12-13,24H,10-11,14H2,1-2H3. The highest BCUT2D eigenvalue weighted by Crippen LogP contribution is 2.35. The van der Waals surface area contributed by atoms with E-state index < -0.39 is 0 Å². The molecular weight excluding hydrogens is 380 g/mol. The molecule has 6 heteroatoms. The molecule has 0 radical (unpaired) electrons. The lowest BCUT2D eigenvalue weighted by molar-refractivity contribution is 0.306. The predicted molar refractivity (Wildman–Crippen MR) is 116 cm³/mol. The van der Waals surface area contributed by atoms with Crippen molar-refractivity contribution in [3.05, 3.63) is 76.9 Å². The highest BCUT2D eigenvalue weighted by Gasteiger charge is 2.19. The van der Waals surface area contributed by atoms with Crippen molar-refractivity contribution < 1.29 is 4.63 Å². The van der Waals surface area contributed by atoms with Crippen LogP contribution in [0, 0.1) is 13.8 Å². The summed E-state index contributed by atoms with van der Waals surface area (Å²) in [6, 6.07) is 19.3. The Morgan fingerprint density at radius 3 is 2.69 bits per heavy atom. The van der Waals surface area contributed by atoms with Gasteiger partial charge < -0.3 is 5.43 Å². The zero-order valence-corrected chi connectivity index (χ0v) is 17.3. The maximum Gasteiger partial charge on any atom is 0.160 e. The van der Waals surface area contributed by atoms with Crippen molar-refractivity contribution in [2.45, 2.75) is 36.6 Å². The van der Waals surface area contributed by atoms with Crippen molar-refractivity contribution in [3.63, 3.8) is 0 Å². The predicted octanol–water partition coefficient (Wildman–Crippen LogP) is 5.38. The van der Waals surface area contributed by atoms with Gasteiger partial charge in [0.15, 0.2) is 11.0 Å². The summed E-state index contributed by atoms with van der Waals surface area (Å²) in [6.45, 7) is 6.05. The summed E-state index contributed by atoms with van der Waals surface area (Å²) in [5.74, 6) is 0. The summed E-state index contributed by atoms with van der Waals surface area (Å²) >= 11 is 1.68. The van der Waals surface area contributed by atoms with Crippen LogP contribution in [0.5, 0.6) is 0 Å². The minimum Gasteiger partial charge on any atom is -0.316 e. The smallest absolute Gasteiger partial charge is 0.160 e. The van der Waals surface area contributed by atoms with E-state index in [2.05, 4.69) is 89.2 Å². The van der Waals surface area contributed by atoms with Crippen LogP contribution in [0.3, 0.4) is 0 Å². The minimum absolute atomic E-state index is 0.762. The van der Waals surface area contributed by atoms with Gasteiger partial charge in [-0.15, -0.1) is 0 Å². The number of aryl methyl sites for hydroxylation is 2. The molecule has 3 aromatic carbocycles. The molecule has 4 aromatic rings. The van der Waals surface area contributed by atoms with Gasteiger partial charge in [0.2, 0.25) is 0 Å². The van der Waals surface area contributed by atoms with Gasteiger partial charge in [0.25, 0.3) is 0 Å². The highest BCUT2D eigenvalue weighted by molar-refractivity contribution is 7.99. The van der Waals surface area contributed by atoms with Crippen LogP contribution in [0.1, 0.15) is 22.3 Å². The Labute approximate surface area is 174 Å². The second-order valence-electron chi connectivity index (χ2n) is 7.55. The van der Waals surface area contributed by atoms with E-state index in [0.717, 1.165) is 41.1 Å². The van der Waals surface area contributed by atoms with Crippen molar-refractivity contribution in [2.75, 3.05) is 12.0 Å². The van der Waals surface area contributed by atoms with E-state index in [4.69, 9.17) is 4.63 Å². The molecule has 29 heavy (non-hydrogen) atoms. The van der Waals surface area contributed by atoms with Crippen LogP contribution >= 0.6 is 11.8 Å². The Kier molecular flexibility index (Phi) is 4.73. The second-order valence-corrected chi connectivity index (χ2v) is 8.66. The number of hydrazine groups is 1. The van der Waals surface area contributed by atoms with Crippen LogP contribution in [0.15, 0.2) is 69.0 Å². The number of anilines is 1. The third kappa shape index (κ3) is 3.73. The molecule has 0 fully saturated rings. The lowest BCUT2D eigenvalue weighted by Gasteiger charge is -2.30. The topological polar surface area (TPSA) is 54.2 Å². The first-order valence-corrected chi connectivity index (χ1v) is 10.6. The number of aromatic nitrogens is 2. The van der Waals surface area contributed by atoms with E-state index in [1.807, 2.05) is 0 Å². The fraction of sp³-hybridized carbons (Fsp3) is 0.217. The Bertz CT molecular complexity index is 1190. The SMILES string of the molecule is Cc1cccc(Sc2ccc(NN3CCc4ccc(C)cc4C3)c3nonc23)c1. The highest BCUT2D eigenvalue weighted by atomic mass is 32.2. The first-order valence-electron chi connectivity index (χ1n) is 9.75. The van der Waals surface area contributed by atoms with Crippen molar-refractivity contribution in [1.29, 1.82) is 0 Å². The number of benzene rings is 3. The van der Waals surface area contributed by atoms with E-state index >= 15 is 0 Å². The van der Waals surface area contributed by atoms with Crippen LogP contribution in [0.2, 0.25) is 0 Å². The van der Waals surface area contributed by atoms with E-state index in [9.17, 15) is 0 Å². The number of rotatable bonds is 4. The molecule has 1 aliphatic rings. The summed E-state index contributed by atoms with van der Waals surface area (Å²) in [6.07, 6.45) is 1.03. The van der Waals surface area contributed by atoms with Gasteiger partial charge >= 0.3 is 0 Å². The molecular formula is C23H22N4OS. The van der Waals surface area contributed by atoms with Crippen LogP contribution in [-0.2, 0) is 13.0 Å². The van der Waals surface area contributed by atoms with E-state index in [-0.39, 0.29) is 0 Å². The lowest BCUT2D eigenvalue weighted by Crippen LogP contribution is -2.35. The summed E-state index contributed by atoms with van der Waals surface area (Å²) in [5, 5.41) is 10.6. The summed E-state index contributed by atoms with van der Waals surface area (Å²) in [7, 11) is 0. The quantitative estimate of drug-likeness (QED) is 0.495. The Morgan fingerprint density at radius 2 is 1.79 bits per heavy atom. The summed E-state index contributed by atoms with van der Waals surface area (Å²) in [5.41, 5.74) is 11.4. The van der Waals surface area contributed by atoms with Crippen LogP contribution in [0.25, 0.3) is 11.0 Å². The Hall–Kier alpha value is -2.83. The van der Waals surface area contributed by atoms with Gasteiger partial charge in [0, 0.05) is 22.9 Å². The molecule has 146 valence electrons. The first-order chi connectivity index (χ1) is 14.2. The maximum absolute atomic E-state index is 5.10. The first kappa shape index (κ1) is 18.2. The van der Waals surface area contributed by atoms with Crippen molar-refractivity contribution in [3.8, 4) is 0 Å². The number of nitrogens with zero attached hydrogens (tertiary/aromatic N) is 3. The van der Waals surface area contributed by atoms with Crippen molar-refractivity contribution in [2.24, 2.45) is 0 Å². The molecule has 1 aliphatic heterocycles. The zero-order valence-electron chi connectivity index (χ0n) is 16.5. The molecule has 0 unspecified atom stereocenters. The average molecular weight is 403 g/mol. The molecule has 5 rings (SSSR count). The zero-order chi connectivity index (χ0) is 19.8. The van der Waals surface area contributed by atoms with Gasteiger partial charge in [-0.1, -0.05) is 53.2 Å². The largest absolute Gasteiger partial charge is 0.316 e. The molecule has 1 N–H and O–H groups in total. The fourth-order valence-electron chi connectivity index (χ4n) is 3.77. The monoisotopic (exact) mass is 402 g/mol. The molecule has 1 aromatic heterocycles. The van der Waals surface area contributed by atoms with Gasteiger partial charge in [-0.25, -0.2) is 9.64 Å². The summed E-state index contributed by atoms with van der Waals surface area (Å²) < 4.78 is 5.10. The molecule has 0 saturated carbocycles. The normalized spacial score (nSPS) is 14.1. The van der Waals surface area contributed by atoms with Gasteiger partial charge in [0.05, 0.1) is 5.69 Å². The maximum atomic E-state index is 5.10. The van der Waals surface area contributed by atoms with Crippen LogP contribution in [0.4, 0.5) is 5.69 Å². The third-order valence-electron chi connectivity index (χ3n) is 5.25. The number of fused-ring (bicyclic) bond motifs is 2. The molecule has 0 saturated heterocycles. The average Bonchev–Trinajstić information content (AvgIpc) is 3.20. The van der Waals surface area contributed by atoms with E-state index in [0.29, 0.717) is 0 Å². The van der Waals surface area contributed by atoms with Gasteiger partial charge in [-0.2, -0.15) is 0 Å². The Morgan fingerprint density at radius 1 is 0.931 bits per heavy atom. The molecule has 2 heterocycles. The minimum atomic E-state index is 0.762. The lowest BCUT2D eigenvalue weighted by atomic mass is 9.99. The third-order valence-corrected chi connectivity index (χ3v) is 6.29. The van der Waals surface area contributed by atoms with E-state index in [1.165, 1.54) is 27.1 Å². The Balaban J connectivity index is 1.40. The number of hydrogen-bond donors (Lipinski definition) is 1. The van der Waals surface area contributed by atoms with Crippen molar-refractivity contribution in [1.82, 2.24) is 15.3 Å². The fourth-order valence-corrected chi connectivity index (χ4v) is 4.79. The number of nitrogens with one attached hydrogen (secondary N) is 1. The molecule has 0 spiro atoms. The molecule has 0 atom stereocenters. The van der Waals surface area contributed by atoms with Gasteiger partial charge in [0.1, 0.15) is 0 Å². The van der Waals surface area contributed by atoms with Crippen LogP contribution < -0.4 is 5.43 Å². The molecule has 0 amide bonds. The number of hydrogen-bond acceptors (Lipinski definition) is 6. The second kappa shape index (κ2) is 7.54. The molecule has 0 bridgehead atoms. The molecule has 0 aliphatic carbocycles. The summed E-state index contributed by atoms with van der Waals surface area (Å²) in [4.78, 5) is 2.22.